The Morgan fingerprint density at radius 3 is 2.77 bits per heavy atom. The molecule has 0 N–H and O–H groups in total. The van der Waals surface area contributed by atoms with E-state index in [0.29, 0.717) is 13.4 Å². The van der Waals surface area contributed by atoms with E-state index in [-0.39, 0.29) is 0 Å². The molecule has 72 valence electrons. The molecule has 0 saturated heterocycles. The highest BCUT2D eigenvalue weighted by Crippen LogP contribution is 2.17. The van der Waals surface area contributed by atoms with Gasteiger partial charge in [0.2, 0.25) is 0 Å². The standard InChI is InChI=1S/C10H13BrO2/c1-8-3-4-9(5-10(8)11)6-13-7-12-2/h3-5H,6-7H2,1-2H3. The van der Waals surface area contributed by atoms with Gasteiger partial charge in [-0.15, -0.1) is 0 Å². The number of ether oxygens (including phenoxy) is 2. The molecule has 1 aromatic rings. The lowest BCUT2D eigenvalue weighted by atomic mass is 10.2. The minimum atomic E-state index is 0.339. The summed E-state index contributed by atoms with van der Waals surface area (Å²) >= 11 is 3.47. The van der Waals surface area contributed by atoms with Gasteiger partial charge in [-0.05, 0) is 24.1 Å². The molecule has 0 atom stereocenters. The molecule has 0 heterocycles. The molecule has 0 aliphatic heterocycles. The number of hydrogen-bond donors (Lipinski definition) is 0. The van der Waals surface area contributed by atoms with Gasteiger partial charge in [0, 0.05) is 11.6 Å². The molecule has 2 nitrogen and oxygen atoms in total. The number of methoxy groups -OCH3 is 1. The average Bonchev–Trinajstić information content (AvgIpc) is 2.12. The molecule has 0 saturated carbocycles. The van der Waals surface area contributed by atoms with Crippen LogP contribution in [0.15, 0.2) is 22.7 Å². The van der Waals surface area contributed by atoms with Gasteiger partial charge in [0.05, 0.1) is 6.61 Å². The Balaban J connectivity index is 2.53. The molecule has 0 spiro atoms. The summed E-state index contributed by atoms with van der Waals surface area (Å²) in [5.74, 6) is 0. The smallest absolute Gasteiger partial charge is 0.146 e. The minimum absolute atomic E-state index is 0.339. The lowest BCUT2D eigenvalue weighted by Crippen LogP contribution is -1.96. The number of aryl methyl sites for hydroxylation is 1. The van der Waals surface area contributed by atoms with Crippen LogP contribution in [0.2, 0.25) is 0 Å². The third-order valence-corrected chi connectivity index (χ3v) is 2.56. The summed E-state index contributed by atoms with van der Waals surface area (Å²) in [4.78, 5) is 0. The third kappa shape index (κ3) is 3.46. The Morgan fingerprint density at radius 1 is 1.38 bits per heavy atom. The van der Waals surface area contributed by atoms with Crippen LogP contribution in [0.5, 0.6) is 0 Å². The van der Waals surface area contributed by atoms with Crippen molar-refractivity contribution < 1.29 is 9.47 Å². The second-order valence-corrected chi connectivity index (χ2v) is 3.69. The zero-order chi connectivity index (χ0) is 9.68. The van der Waals surface area contributed by atoms with Gasteiger partial charge in [-0.2, -0.15) is 0 Å². The van der Waals surface area contributed by atoms with E-state index in [2.05, 4.69) is 41.1 Å². The van der Waals surface area contributed by atoms with E-state index < -0.39 is 0 Å². The van der Waals surface area contributed by atoms with Crippen molar-refractivity contribution >= 4 is 15.9 Å². The van der Waals surface area contributed by atoms with Crippen molar-refractivity contribution in [2.75, 3.05) is 13.9 Å². The quantitative estimate of drug-likeness (QED) is 0.599. The topological polar surface area (TPSA) is 18.5 Å². The van der Waals surface area contributed by atoms with Crippen LogP contribution in [0.25, 0.3) is 0 Å². The Hall–Kier alpha value is -0.380. The van der Waals surface area contributed by atoms with Crippen LogP contribution in [-0.2, 0) is 16.1 Å². The zero-order valence-corrected chi connectivity index (χ0v) is 9.43. The highest BCUT2D eigenvalue weighted by Gasteiger charge is 1.97. The Kier molecular flexibility index (Phi) is 4.42. The van der Waals surface area contributed by atoms with Crippen LogP contribution in [0, 0.1) is 6.92 Å². The molecule has 13 heavy (non-hydrogen) atoms. The number of benzene rings is 1. The summed E-state index contributed by atoms with van der Waals surface area (Å²) in [6.45, 7) is 2.99. The van der Waals surface area contributed by atoms with Crippen LogP contribution >= 0.6 is 15.9 Å². The molecule has 0 radical (unpaired) electrons. The van der Waals surface area contributed by atoms with E-state index in [0.717, 1.165) is 10.0 Å². The van der Waals surface area contributed by atoms with E-state index in [1.54, 1.807) is 7.11 Å². The van der Waals surface area contributed by atoms with Gasteiger partial charge >= 0.3 is 0 Å². The molecule has 0 amide bonds. The highest BCUT2D eigenvalue weighted by atomic mass is 79.9. The maximum atomic E-state index is 5.22. The Labute approximate surface area is 87.0 Å². The van der Waals surface area contributed by atoms with Gasteiger partial charge in [-0.25, -0.2) is 0 Å². The summed E-state index contributed by atoms with van der Waals surface area (Å²) in [5, 5.41) is 0. The van der Waals surface area contributed by atoms with Gasteiger partial charge in [0.25, 0.3) is 0 Å². The first kappa shape index (κ1) is 10.7. The number of halogens is 1. The largest absolute Gasteiger partial charge is 0.359 e. The first-order chi connectivity index (χ1) is 6.24. The van der Waals surface area contributed by atoms with E-state index >= 15 is 0 Å². The van der Waals surface area contributed by atoms with Crippen LogP contribution in [0.3, 0.4) is 0 Å². The molecule has 0 fully saturated rings. The summed E-state index contributed by atoms with van der Waals surface area (Å²) in [5.41, 5.74) is 2.38. The van der Waals surface area contributed by atoms with Crippen LogP contribution < -0.4 is 0 Å². The molecule has 1 aromatic carbocycles. The van der Waals surface area contributed by atoms with Gasteiger partial charge in [0.1, 0.15) is 6.79 Å². The van der Waals surface area contributed by atoms with Crippen molar-refractivity contribution in [1.29, 1.82) is 0 Å². The molecule has 0 unspecified atom stereocenters. The molecule has 0 bridgehead atoms. The summed E-state index contributed by atoms with van der Waals surface area (Å²) in [7, 11) is 1.62. The van der Waals surface area contributed by atoms with Gasteiger partial charge in [-0.3, -0.25) is 0 Å². The second-order valence-electron chi connectivity index (χ2n) is 2.84. The predicted molar refractivity (Wildman–Crippen MR) is 55.5 cm³/mol. The van der Waals surface area contributed by atoms with E-state index in [1.165, 1.54) is 5.56 Å². The molecule has 1 rings (SSSR count). The monoisotopic (exact) mass is 244 g/mol. The normalized spacial score (nSPS) is 10.4. The summed E-state index contributed by atoms with van der Waals surface area (Å²) in [6.07, 6.45) is 0. The molecule has 0 aliphatic rings. The zero-order valence-electron chi connectivity index (χ0n) is 7.84. The van der Waals surface area contributed by atoms with E-state index in [9.17, 15) is 0 Å². The van der Waals surface area contributed by atoms with Crippen molar-refractivity contribution in [2.45, 2.75) is 13.5 Å². The lowest BCUT2D eigenvalue weighted by Gasteiger charge is -2.04. The van der Waals surface area contributed by atoms with E-state index in [4.69, 9.17) is 9.47 Å². The van der Waals surface area contributed by atoms with Crippen LogP contribution in [-0.4, -0.2) is 13.9 Å². The van der Waals surface area contributed by atoms with Gasteiger partial charge in [-0.1, -0.05) is 28.1 Å². The van der Waals surface area contributed by atoms with Crippen molar-refractivity contribution in [3.8, 4) is 0 Å². The maximum Gasteiger partial charge on any atom is 0.146 e. The van der Waals surface area contributed by atoms with E-state index in [1.807, 2.05) is 0 Å². The fraction of sp³-hybridized carbons (Fsp3) is 0.400. The van der Waals surface area contributed by atoms with Gasteiger partial charge < -0.3 is 9.47 Å². The molecular formula is C10H13BrO2. The maximum absolute atomic E-state index is 5.22. The number of rotatable bonds is 4. The molecular weight excluding hydrogens is 232 g/mol. The summed E-state index contributed by atoms with van der Waals surface area (Å²) in [6, 6.07) is 6.18. The SMILES string of the molecule is COCOCc1ccc(C)c(Br)c1. The van der Waals surface area contributed by atoms with Crippen molar-refractivity contribution in [1.82, 2.24) is 0 Å². The Bertz CT molecular complexity index is 274. The molecule has 0 aromatic heterocycles. The van der Waals surface area contributed by atoms with Crippen molar-refractivity contribution in [3.63, 3.8) is 0 Å². The third-order valence-electron chi connectivity index (χ3n) is 1.71. The van der Waals surface area contributed by atoms with Gasteiger partial charge in [0.15, 0.2) is 0 Å². The lowest BCUT2D eigenvalue weighted by molar-refractivity contribution is -0.0390. The predicted octanol–water partition coefficient (Wildman–Crippen LogP) is 2.88. The highest BCUT2D eigenvalue weighted by molar-refractivity contribution is 9.10. The Morgan fingerprint density at radius 2 is 2.15 bits per heavy atom. The van der Waals surface area contributed by atoms with Crippen molar-refractivity contribution in [3.05, 3.63) is 33.8 Å². The fourth-order valence-electron chi connectivity index (χ4n) is 0.969. The first-order valence-corrected chi connectivity index (χ1v) is 4.85. The fourth-order valence-corrected chi connectivity index (χ4v) is 1.40. The molecule has 0 aliphatic carbocycles. The summed E-state index contributed by atoms with van der Waals surface area (Å²) < 4.78 is 11.1. The first-order valence-electron chi connectivity index (χ1n) is 4.05. The van der Waals surface area contributed by atoms with Crippen molar-refractivity contribution in [2.24, 2.45) is 0 Å². The second kappa shape index (κ2) is 5.37. The molecule has 3 heteroatoms. The number of hydrogen-bond acceptors (Lipinski definition) is 2. The average molecular weight is 245 g/mol. The minimum Gasteiger partial charge on any atom is -0.359 e. The van der Waals surface area contributed by atoms with Crippen LogP contribution in [0.1, 0.15) is 11.1 Å². The van der Waals surface area contributed by atoms with Crippen LogP contribution in [0.4, 0.5) is 0 Å².